The minimum atomic E-state index is 0.190. The van der Waals surface area contributed by atoms with E-state index in [0.717, 1.165) is 36.9 Å². The third-order valence-electron chi connectivity index (χ3n) is 3.81. The molecule has 1 aromatic heterocycles. The molecule has 1 saturated heterocycles. The lowest BCUT2D eigenvalue weighted by molar-refractivity contribution is 0.104. The van der Waals surface area contributed by atoms with Crippen molar-refractivity contribution in [2.75, 3.05) is 33.7 Å². The van der Waals surface area contributed by atoms with Gasteiger partial charge in [-0.15, -0.1) is 0 Å². The Kier molecular flexibility index (Phi) is 5.33. The predicted molar refractivity (Wildman–Crippen MR) is 82.1 cm³/mol. The average Bonchev–Trinajstić information content (AvgIpc) is 2.34. The number of pyridine rings is 1. The second-order valence-corrected chi connectivity index (χ2v) is 6.52. The van der Waals surface area contributed by atoms with Crippen LogP contribution in [0.1, 0.15) is 12.0 Å². The van der Waals surface area contributed by atoms with E-state index in [1.165, 1.54) is 5.56 Å². The van der Waals surface area contributed by atoms with Gasteiger partial charge in [0.05, 0.1) is 0 Å². The fraction of sp³-hybridized carbons (Fsp3) is 0.643. The highest BCUT2D eigenvalue weighted by molar-refractivity contribution is 9.10. The smallest absolute Gasteiger partial charge is 0.0410 e. The number of aromatic nitrogens is 1. The highest BCUT2D eigenvalue weighted by Gasteiger charge is 2.24. The molecule has 106 valence electrons. The first-order chi connectivity index (χ1) is 9.04. The first kappa shape index (κ1) is 14.9. The molecular formula is C14H23BrN4. The first-order valence-electron chi connectivity index (χ1n) is 6.78. The van der Waals surface area contributed by atoms with Crippen LogP contribution in [-0.2, 0) is 6.42 Å². The van der Waals surface area contributed by atoms with Crippen LogP contribution in [0.3, 0.4) is 0 Å². The van der Waals surface area contributed by atoms with E-state index in [0.29, 0.717) is 6.04 Å². The minimum absolute atomic E-state index is 0.190. The zero-order valence-electron chi connectivity index (χ0n) is 11.7. The molecule has 1 aliphatic heterocycles. The molecule has 2 unspecified atom stereocenters. The molecule has 2 N–H and O–H groups in total. The zero-order chi connectivity index (χ0) is 13.8. The van der Waals surface area contributed by atoms with Crippen LogP contribution in [0, 0.1) is 0 Å². The number of piperazine rings is 1. The van der Waals surface area contributed by atoms with Gasteiger partial charge in [0.15, 0.2) is 0 Å². The average molecular weight is 327 g/mol. The van der Waals surface area contributed by atoms with Gasteiger partial charge in [-0.1, -0.05) is 0 Å². The SMILES string of the molecule is CN1CCN(C)C(CC(N)Cc2cncc(Br)c2)C1. The van der Waals surface area contributed by atoms with Gasteiger partial charge in [-0.05, 0) is 54.5 Å². The van der Waals surface area contributed by atoms with Crippen LogP contribution < -0.4 is 5.73 Å². The summed E-state index contributed by atoms with van der Waals surface area (Å²) in [5, 5.41) is 0. The summed E-state index contributed by atoms with van der Waals surface area (Å²) >= 11 is 3.45. The molecule has 1 aliphatic rings. The zero-order valence-corrected chi connectivity index (χ0v) is 13.3. The van der Waals surface area contributed by atoms with Gasteiger partial charge in [0.2, 0.25) is 0 Å². The van der Waals surface area contributed by atoms with Crippen molar-refractivity contribution < 1.29 is 0 Å². The van der Waals surface area contributed by atoms with E-state index < -0.39 is 0 Å². The number of nitrogens with two attached hydrogens (primary N) is 1. The van der Waals surface area contributed by atoms with Gasteiger partial charge in [0, 0.05) is 48.6 Å². The maximum absolute atomic E-state index is 6.31. The molecule has 0 aromatic carbocycles. The summed E-state index contributed by atoms with van der Waals surface area (Å²) < 4.78 is 1.02. The molecule has 1 aromatic rings. The van der Waals surface area contributed by atoms with Crippen molar-refractivity contribution in [3.05, 3.63) is 28.5 Å². The van der Waals surface area contributed by atoms with Crippen LogP contribution in [0.5, 0.6) is 0 Å². The van der Waals surface area contributed by atoms with Crippen molar-refractivity contribution >= 4 is 15.9 Å². The molecule has 0 saturated carbocycles. The summed E-state index contributed by atoms with van der Waals surface area (Å²) in [6.07, 6.45) is 5.63. The van der Waals surface area contributed by atoms with Crippen molar-refractivity contribution in [2.24, 2.45) is 5.73 Å². The number of nitrogens with zero attached hydrogens (tertiary/aromatic N) is 3. The van der Waals surface area contributed by atoms with E-state index in [2.05, 4.69) is 50.9 Å². The van der Waals surface area contributed by atoms with Crippen LogP contribution in [0.4, 0.5) is 0 Å². The van der Waals surface area contributed by atoms with E-state index >= 15 is 0 Å². The van der Waals surface area contributed by atoms with Crippen molar-refractivity contribution in [3.63, 3.8) is 0 Å². The van der Waals surface area contributed by atoms with Gasteiger partial charge < -0.3 is 15.5 Å². The first-order valence-corrected chi connectivity index (χ1v) is 7.57. The number of rotatable bonds is 4. The summed E-state index contributed by atoms with van der Waals surface area (Å²) in [7, 11) is 4.38. The van der Waals surface area contributed by atoms with E-state index in [1.54, 1.807) is 6.20 Å². The lowest BCUT2D eigenvalue weighted by atomic mass is 9.99. The van der Waals surface area contributed by atoms with Gasteiger partial charge in [-0.2, -0.15) is 0 Å². The second-order valence-electron chi connectivity index (χ2n) is 5.61. The van der Waals surface area contributed by atoms with Gasteiger partial charge in [-0.3, -0.25) is 4.98 Å². The maximum atomic E-state index is 6.31. The lowest BCUT2D eigenvalue weighted by Gasteiger charge is -2.38. The quantitative estimate of drug-likeness (QED) is 0.907. The molecule has 0 bridgehead atoms. The predicted octanol–water partition coefficient (Wildman–Crippen LogP) is 1.35. The standard InChI is InChI=1S/C14H23BrN4/c1-18-3-4-19(2)14(10-18)7-13(16)6-11-5-12(15)9-17-8-11/h5,8-9,13-14H,3-4,6-7,10,16H2,1-2H3. The van der Waals surface area contributed by atoms with Gasteiger partial charge in [0.1, 0.15) is 0 Å². The van der Waals surface area contributed by atoms with Crippen LogP contribution >= 0.6 is 15.9 Å². The molecule has 5 heteroatoms. The van der Waals surface area contributed by atoms with Gasteiger partial charge in [-0.25, -0.2) is 0 Å². The Morgan fingerprint density at radius 3 is 2.95 bits per heavy atom. The Balaban J connectivity index is 1.88. The van der Waals surface area contributed by atoms with Gasteiger partial charge in [0.25, 0.3) is 0 Å². The van der Waals surface area contributed by atoms with Crippen molar-refractivity contribution in [2.45, 2.75) is 24.9 Å². The van der Waals surface area contributed by atoms with E-state index in [1.807, 2.05) is 6.20 Å². The normalized spacial score (nSPS) is 23.5. The molecule has 0 aliphatic carbocycles. The van der Waals surface area contributed by atoms with Crippen LogP contribution in [0.25, 0.3) is 0 Å². The Hall–Kier alpha value is -0.490. The number of hydrogen-bond acceptors (Lipinski definition) is 4. The van der Waals surface area contributed by atoms with Crippen LogP contribution in [-0.4, -0.2) is 60.6 Å². The monoisotopic (exact) mass is 326 g/mol. The fourth-order valence-electron chi connectivity index (χ4n) is 2.66. The largest absolute Gasteiger partial charge is 0.327 e. The molecule has 2 heterocycles. The molecular weight excluding hydrogens is 304 g/mol. The number of likely N-dealkylation sites (N-methyl/N-ethyl adjacent to an activating group) is 2. The molecule has 1 fully saturated rings. The minimum Gasteiger partial charge on any atom is -0.327 e. The van der Waals surface area contributed by atoms with Crippen molar-refractivity contribution in [3.8, 4) is 0 Å². The highest BCUT2D eigenvalue weighted by Crippen LogP contribution is 2.15. The molecule has 2 atom stereocenters. The third kappa shape index (κ3) is 4.53. The summed E-state index contributed by atoms with van der Waals surface area (Å²) in [5.41, 5.74) is 7.51. The summed E-state index contributed by atoms with van der Waals surface area (Å²) in [5.74, 6) is 0. The molecule has 0 spiro atoms. The highest BCUT2D eigenvalue weighted by atomic mass is 79.9. The Morgan fingerprint density at radius 2 is 2.21 bits per heavy atom. The van der Waals surface area contributed by atoms with Crippen LogP contribution in [0.2, 0.25) is 0 Å². The molecule has 19 heavy (non-hydrogen) atoms. The third-order valence-corrected chi connectivity index (χ3v) is 4.25. The summed E-state index contributed by atoms with van der Waals surface area (Å²) in [4.78, 5) is 9.01. The van der Waals surface area contributed by atoms with Crippen molar-refractivity contribution in [1.82, 2.24) is 14.8 Å². The Labute approximate surface area is 124 Å². The number of hydrogen-bond donors (Lipinski definition) is 1. The second kappa shape index (κ2) is 6.79. The Morgan fingerprint density at radius 1 is 1.42 bits per heavy atom. The molecule has 0 radical (unpaired) electrons. The molecule has 0 amide bonds. The summed E-state index contributed by atoms with van der Waals surface area (Å²) in [6.45, 7) is 3.39. The lowest BCUT2D eigenvalue weighted by Crippen LogP contribution is -2.51. The maximum Gasteiger partial charge on any atom is 0.0410 e. The summed E-state index contributed by atoms with van der Waals surface area (Å²) in [6, 6.07) is 2.85. The Bertz CT molecular complexity index is 412. The van der Waals surface area contributed by atoms with E-state index in [9.17, 15) is 0 Å². The topological polar surface area (TPSA) is 45.4 Å². The molecule has 2 rings (SSSR count). The van der Waals surface area contributed by atoms with E-state index in [-0.39, 0.29) is 6.04 Å². The number of halogens is 1. The molecule has 4 nitrogen and oxygen atoms in total. The van der Waals surface area contributed by atoms with Gasteiger partial charge >= 0.3 is 0 Å². The van der Waals surface area contributed by atoms with E-state index in [4.69, 9.17) is 5.73 Å². The van der Waals surface area contributed by atoms with Crippen LogP contribution in [0.15, 0.2) is 22.9 Å². The van der Waals surface area contributed by atoms with Crippen molar-refractivity contribution in [1.29, 1.82) is 0 Å². The fourth-order valence-corrected chi connectivity index (χ4v) is 3.07.